The van der Waals surface area contributed by atoms with Crippen LogP contribution in [-0.4, -0.2) is 47.5 Å². The average molecular weight is 558 g/mol. The summed E-state index contributed by atoms with van der Waals surface area (Å²) in [6.45, 7) is -0.473. The van der Waals surface area contributed by atoms with Gasteiger partial charge in [0.25, 0.3) is 17.2 Å². The van der Waals surface area contributed by atoms with Crippen molar-refractivity contribution in [3.63, 3.8) is 0 Å². The van der Waals surface area contributed by atoms with E-state index in [4.69, 9.17) is 0 Å². The van der Waals surface area contributed by atoms with Crippen molar-refractivity contribution in [3.8, 4) is 16.9 Å². The molecule has 0 aliphatic rings. The Hall–Kier alpha value is -3.46. The molecule has 4 N–H and O–H groups in total. The summed E-state index contributed by atoms with van der Waals surface area (Å²) in [6.07, 6.45) is -3.51. The van der Waals surface area contributed by atoms with Crippen LogP contribution in [0.1, 0.15) is 15.9 Å². The zero-order valence-corrected chi connectivity index (χ0v) is 20.8. The van der Waals surface area contributed by atoms with Gasteiger partial charge in [0, 0.05) is 24.3 Å². The van der Waals surface area contributed by atoms with E-state index in [1.807, 2.05) is 0 Å². The normalized spacial score (nSPS) is 12.7. The van der Waals surface area contributed by atoms with Crippen LogP contribution in [0.25, 0.3) is 11.1 Å². The van der Waals surface area contributed by atoms with Crippen LogP contribution in [0.3, 0.4) is 0 Å². The molecule has 0 bridgehead atoms. The first-order chi connectivity index (χ1) is 17.2. The Morgan fingerprint density at radius 3 is 2.08 bits per heavy atom. The molecule has 0 heterocycles. The molecule has 14 heteroatoms. The van der Waals surface area contributed by atoms with Crippen LogP contribution in [0.4, 0.5) is 24.5 Å². The molecule has 0 aromatic heterocycles. The molecule has 0 spiro atoms. The Morgan fingerprint density at radius 1 is 1.00 bits per heavy atom. The Balaban J connectivity index is 1.74. The summed E-state index contributed by atoms with van der Waals surface area (Å²) in [5.74, 6) is -0.924. The lowest BCUT2D eigenvalue weighted by Crippen LogP contribution is -2.35. The Bertz CT molecular complexity index is 1400. The first-order valence-corrected chi connectivity index (χ1v) is 13.5. The SMILES string of the molecule is CS(=O)(=O)NCCN(c1cc(NC(=O)c2ccc(-c3ccc(C(F)(F)F)cc3)cc2)ccc1O)S(=O)O. The van der Waals surface area contributed by atoms with Gasteiger partial charge in [-0.1, -0.05) is 24.3 Å². The van der Waals surface area contributed by atoms with Gasteiger partial charge in [-0.15, -0.1) is 0 Å². The number of carbonyl (C=O) groups is 1. The molecule has 0 aliphatic carbocycles. The minimum Gasteiger partial charge on any atom is -0.506 e. The van der Waals surface area contributed by atoms with Crippen LogP contribution in [0.2, 0.25) is 0 Å². The van der Waals surface area contributed by atoms with Gasteiger partial charge < -0.3 is 10.4 Å². The topological polar surface area (TPSA) is 136 Å². The van der Waals surface area contributed by atoms with Crippen LogP contribution in [0.15, 0.2) is 66.7 Å². The zero-order valence-electron chi connectivity index (χ0n) is 19.2. The molecule has 198 valence electrons. The summed E-state index contributed by atoms with van der Waals surface area (Å²) >= 11 is -2.61. The average Bonchev–Trinajstić information content (AvgIpc) is 2.82. The number of sulfonamides is 1. The second-order valence-electron chi connectivity index (χ2n) is 7.81. The fraction of sp³-hybridized carbons (Fsp3) is 0.174. The largest absolute Gasteiger partial charge is 0.506 e. The number of hydrogen-bond donors (Lipinski definition) is 4. The first kappa shape index (κ1) is 28.1. The number of carbonyl (C=O) groups excluding carboxylic acids is 1. The van der Waals surface area contributed by atoms with Gasteiger partial charge in [0.2, 0.25) is 10.0 Å². The number of nitrogens with zero attached hydrogens (tertiary/aromatic N) is 1. The number of halogens is 3. The predicted molar refractivity (Wildman–Crippen MR) is 134 cm³/mol. The van der Waals surface area contributed by atoms with Gasteiger partial charge in [-0.05, 0) is 53.6 Å². The lowest BCUT2D eigenvalue weighted by atomic mass is 10.0. The van der Waals surface area contributed by atoms with Crippen LogP contribution in [-0.2, 0) is 27.5 Å². The highest BCUT2D eigenvalue weighted by atomic mass is 32.2. The standard InChI is InChI=1S/C23H22F3N3O6S2/c1-37(34,35)27-12-13-29(36(32)33)20-14-19(10-11-21(20)30)28-22(31)17-4-2-15(3-5-17)16-6-8-18(9-7-16)23(24,25)26/h2-11,14,27,30H,12-13H2,1H3,(H,28,31)(H,32,33). The summed E-state index contributed by atoms with van der Waals surface area (Å²) in [5, 5.41) is 12.8. The molecular weight excluding hydrogens is 535 g/mol. The fourth-order valence-electron chi connectivity index (χ4n) is 3.29. The molecule has 1 unspecified atom stereocenters. The number of anilines is 2. The third-order valence-electron chi connectivity index (χ3n) is 5.06. The molecule has 3 aromatic carbocycles. The van der Waals surface area contributed by atoms with E-state index in [2.05, 4.69) is 10.0 Å². The van der Waals surface area contributed by atoms with Gasteiger partial charge in [0.1, 0.15) is 5.75 Å². The van der Waals surface area contributed by atoms with Crippen LogP contribution in [0.5, 0.6) is 5.75 Å². The van der Waals surface area contributed by atoms with Crippen molar-refractivity contribution in [2.75, 3.05) is 29.0 Å². The molecule has 0 saturated heterocycles. The van der Waals surface area contributed by atoms with E-state index in [1.165, 1.54) is 42.5 Å². The highest BCUT2D eigenvalue weighted by molar-refractivity contribution is 7.88. The predicted octanol–water partition coefficient (Wildman–Crippen LogP) is 3.82. The van der Waals surface area contributed by atoms with Crippen molar-refractivity contribution in [2.24, 2.45) is 0 Å². The van der Waals surface area contributed by atoms with E-state index >= 15 is 0 Å². The van der Waals surface area contributed by atoms with E-state index in [0.717, 1.165) is 22.7 Å². The van der Waals surface area contributed by atoms with Crippen molar-refractivity contribution in [2.45, 2.75) is 6.18 Å². The maximum absolute atomic E-state index is 12.8. The molecule has 1 atom stereocenters. The van der Waals surface area contributed by atoms with Crippen molar-refractivity contribution >= 4 is 38.6 Å². The monoisotopic (exact) mass is 557 g/mol. The van der Waals surface area contributed by atoms with Gasteiger partial charge in [-0.3, -0.25) is 13.7 Å². The summed E-state index contributed by atoms with van der Waals surface area (Å²) < 4.78 is 85.2. The summed E-state index contributed by atoms with van der Waals surface area (Å²) in [6, 6.07) is 14.5. The maximum Gasteiger partial charge on any atom is 0.416 e. The van der Waals surface area contributed by atoms with Crippen LogP contribution in [0, 0.1) is 0 Å². The zero-order chi connectivity index (χ0) is 27.4. The van der Waals surface area contributed by atoms with E-state index in [-0.39, 0.29) is 35.8 Å². The van der Waals surface area contributed by atoms with E-state index in [0.29, 0.717) is 11.1 Å². The van der Waals surface area contributed by atoms with Gasteiger partial charge >= 0.3 is 6.18 Å². The molecule has 3 aromatic rings. The number of aromatic hydroxyl groups is 1. The van der Waals surface area contributed by atoms with Crippen LogP contribution >= 0.6 is 0 Å². The first-order valence-electron chi connectivity index (χ1n) is 10.5. The fourth-order valence-corrected chi connectivity index (χ4v) is 4.31. The Kier molecular flexibility index (Phi) is 8.58. The molecule has 37 heavy (non-hydrogen) atoms. The van der Waals surface area contributed by atoms with E-state index in [9.17, 15) is 40.3 Å². The summed E-state index contributed by atoms with van der Waals surface area (Å²) in [4.78, 5) is 12.7. The van der Waals surface area contributed by atoms with Crippen LogP contribution < -0.4 is 14.3 Å². The number of nitrogens with one attached hydrogen (secondary N) is 2. The second-order valence-corrected chi connectivity index (χ2v) is 10.5. The van der Waals surface area contributed by atoms with Gasteiger partial charge in [-0.2, -0.15) is 13.2 Å². The quantitative estimate of drug-likeness (QED) is 0.233. The van der Waals surface area contributed by atoms with Crippen molar-refractivity contribution in [1.82, 2.24) is 4.72 Å². The Morgan fingerprint density at radius 2 is 1.57 bits per heavy atom. The third kappa shape index (κ3) is 7.76. The molecule has 0 saturated carbocycles. The highest BCUT2D eigenvalue weighted by Gasteiger charge is 2.30. The lowest BCUT2D eigenvalue weighted by molar-refractivity contribution is -0.137. The minimum atomic E-state index is -4.44. The molecule has 9 nitrogen and oxygen atoms in total. The summed E-state index contributed by atoms with van der Waals surface area (Å²) in [5.41, 5.74) is 0.648. The number of hydrogen-bond acceptors (Lipinski definition) is 5. The summed E-state index contributed by atoms with van der Waals surface area (Å²) in [7, 11) is -3.54. The highest BCUT2D eigenvalue weighted by Crippen LogP contribution is 2.32. The second kappa shape index (κ2) is 11.3. The van der Waals surface area contributed by atoms with E-state index in [1.54, 1.807) is 12.1 Å². The number of amides is 1. The molecule has 0 aliphatic heterocycles. The lowest BCUT2D eigenvalue weighted by Gasteiger charge is -2.21. The third-order valence-corrected chi connectivity index (χ3v) is 6.55. The van der Waals surface area contributed by atoms with Gasteiger partial charge in [-0.25, -0.2) is 17.3 Å². The molecule has 1 amide bonds. The van der Waals surface area contributed by atoms with Crippen molar-refractivity contribution in [1.29, 1.82) is 0 Å². The number of benzene rings is 3. The number of phenols is 1. The van der Waals surface area contributed by atoms with Gasteiger partial charge in [0.05, 0.1) is 17.5 Å². The molecular formula is C23H22F3N3O6S2. The molecule has 3 rings (SSSR count). The maximum atomic E-state index is 12.8. The van der Waals surface area contributed by atoms with Crippen molar-refractivity contribution < 1.29 is 40.3 Å². The van der Waals surface area contributed by atoms with E-state index < -0.39 is 38.9 Å². The van der Waals surface area contributed by atoms with Gasteiger partial charge in [0.15, 0.2) is 0 Å². The smallest absolute Gasteiger partial charge is 0.416 e. The number of rotatable bonds is 9. The van der Waals surface area contributed by atoms with Crippen molar-refractivity contribution in [3.05, 3.63) is 77.9 Å². The number of alkyl halides is 3. The molecule has 0 radical (unpaired) electrons. The molecule has 0 fully saturated rings. The minimum absolute atomic E-state index is 0.119. The number of phenolic OH excluding ortho intramolecular Hbond substituents is 1. The Labute approximate surface area is 213 Å².